The molecule has 0 unspecified atom stereocenters. The van der Waals surface area contributed by atoms with Crippen LogP contribution < -0.4 is 28.2 Å². The van der Waals surface area contributed by atoms with Crippen LogP contribution in [0.3, 0.4) is 0 Å². The van der Waals surface area contributed by atoms with Crippen molar-refractivity contribution in [3.05, 3.63) is 0 Å². The molecule has 0 aliphatic rings. The molecule has 11 nitrogen and oxygen atoms in total. The highest BCUT2D eigenvalue weighted by atomic mass is 15.7. The molecule has 11 heteroatoms. The lowest BCUT2D eigenvalue weighted by Gasteiger charge is -2.25. The molecule has 0 aliphatic carbocycles. The first-order valence-corrected chi connectivity index (χ1v) is 5.61. The van der Waals surface area contributed by atoms with E-state index in [0.717, 1.165) is 0 Å². The van der Waals surface area contributed by atoms with Crippen LogP contribution in [-0.4, -0.2) is 69.0 Å². The lowest BCUT2D eigenvalue weighted by atomic mass is 10.7. The number of rotatable bonds is 2. The Morgan fingerprint density at radius 3 is 1.95 bits per heavy atom. The van der Waals surface area contributed by atoms with Gasteiger partial charge in [-0.15, -0.1) is 5.53 Å². The Labute approximate surface area is 118 Å². The first kappa shape index (κ1) is 17.4. The van der Waals surface area contributed by atoms with Gasteiger partial charge in [-0.1, -0.05) is 0 Å². The first-order valence-electron chi connectivity index (χ1n) is 5.61. The largest absolute Gasteiger partial charge is 0.369 e. The summed E-state index contributed by atoms with van der Waals surface area (Å²) in [7, 11) is 8.04. The highest BCUT2D eigenvalue weighted by Gasteiger charge is 2.10. The van der Waals surface area contributed by atoms with Crippen molar-refractivity contribution in [2.24, 2.45) is 37.2 Å². The summed E-state index contributed by atoms with van der Waals surface area (Å²) in [6.07, 6.45) is 0. The van der Waals surface area contributed by atoms with Crippen LogP contribution >= 0.6 is 0 Å². The Bertz CT molecular complexity index is 422. The zero-order valence-electron chi connectivity index (χ0n) is 12.4. The van der Waals surface area contributed by atoms with E-state index in [1.165, 1.54) is 12.1 Å². The van der Waals surface area contributed by atoms with E-state index < -0.39 is 0 Å². The molecular weight excluding hydrogens is 262 g/mol. The fourth-order valence-corrected chi connectivity index (χ4v) is 0.982. The van der Waals surface area contributed by atoms with Crippen LogP contribution in [0.15, 0.2) is 20.0 Å². The molecule has 0 amide bonds. The van der Waals surface area contributed by atoms with Gasteiger partial charge in [-0.05, 0) is 0 Å². The maximum atomic E-state index is 5.69. The fraction of sp³-hybridized carbons (Fsp3) is 0.556. The van der Waals surface area contributed by atoms with Crippen LogP contribution in [0.4, 0.5) is 0 Å². The smallest absolute Gasteiger partial charge is 0.218 e. The van der Waals surface area contributed by atoms with Crippen molar-refractivity contribution in [1.82, 2.24) is 20.9 Å². The average molecular weight is 285 g/mol. The molecule has 0 spiro atoms. The number of nitrogens with one attached hydrogen (secondary N) is 2. The highest BCUT2D eigenvalue weighted by Crippen LogP contribution is 1.84. The molecule has 0 aromatic heterocycles. The van der Waals surface area contributed by atoms with E-state index in [9.17, 15) is 0 Å². The third-order valence-corrected chi connectivity index (χ3v) is 2.24. The van der Waals surface area contributed by atoms with Crippen molar-refractivity contribution >= 4 is 23.8 Å². The van der Waals surface area contributed by atoms with E-state index in [1.807, 2.05) is 0 Å². The van der Waals surface area contributed by atoms with Crippen molar-refractivity contribution in [3.8, 4) is 0 Å². The number of nitrogens with two attached hydrogens (primary N) is 3. The normalized spacial score (nSPS) is 14.2. The summed E-state index contributed by atoms with van der Waals surface area (Å²) in [6.45, 7) is 0. The van der Waals surface area contributed by atoms with Crippen molar-refractivity contribution in [2.45, 2.75) is 0 Å². The van der Waals surface area contributed by atoms with Gasteiger partial charge >= 0.3 is 0 Å². The van der Waals surface area contributed by atoms with Gasteiger partial charge in [0.15, 0.2) is 5.96 Å². The zero-order chi connectivity index (χ0) is 15.7. The zero-order valence-corrected chi connectivity index (χ0v) is 12.4. The van der Waals surface area contributed by atoms with Gasteiger partial charge in [-0.25, -0.2) is 0 Å². The molecule has 0 fully saturated rings. The third-order valence-electron chi connectivity index (χ3n) is 2.24. The van der Waals surface area contributed by atoms with Crippen LogP contribution in [0.1, 0.15) is 0 Å². The number of aliphatic imine (C=N–C) groups is 4. The maximum absolute atomic E-state index is 5.69. The Morgan fingerprint density at radius 1 is 0.900 bits per heavy atom. The summed E-state index contributed by atoms with van der Waals surface area (Å²) in [6, 6.07) is 0. The molecule has 20 heavy (non-hydrogen) atoms. The van der Waals surface area contributed by atoms with Crippen LogP contribution in [0.25, 0.3) is 0 Å². The molecule has 0 saturated heterocycles. The second-order valence-electron chi connectivity index (χ2n) is 3.54. The molecule has 0 aromatic rings. The quantitative estimate of drug-likeness (QED) is 0.206. The van der Waals surface area contributed by atoms with Crippen molar-refractivity contribution < 1.29 is 0 Å². The van der Waals surface area contributed by atoms with E-state index in [-0.39, 0.29) is 11.9 Å². The second-order valence-corrected chi connectivity index (χ2v) is 3.54. The molecule has 0 atom stereocenters. The van der Waals surface area contributed by atoms with Crippen LogP contribution in [0.5, 0.6) is 0 Å². The minimum Gasteiger partial charge on any atom is -0.369 e. The average Bonchev–Trinajstić information content (AvgIpc) is 2.45. The molecule has 0 aromatic carbocycles. The van der Waals surface area contributed by atoms with E-state index in [2.05, 4.69) is 30.9 Å². The van der Waals surface area contributed by atoms with Gasteiger partial charge in [-0.2, -0.15) is 4.99 Å². The molecule has 0 radical (unpaired) electrons. The minimum absolute atomic E-state index is 0.0695. The summed E-state index contributed by atoms with van der Waals surface area (Å²) in [5.74, 6) is 0.923. The topological polar surface area (TPSA) is 158 Å². The summed E-state index contributed by atoms with van der Waals surface area (Å²) in [5.41, 5.74) is 22.4. The van der Waals surface area contributed by atoms with Crippen molar-refractivity contribution in [2.75, 3.05) is 35.2 Å². The van der Waals surface area contributed by atoms with Gasteiger partial charge in [-0.3, -0.25) is 30.3 Å². The summed E-state index contributed by atoms with van der Waals surface area (Å²) < 4.78 is 0. The molecule has 0 rings (SSSR count). The van der Waals surface area contributed by atoms with Crippen LogP contribution in [0, 0.1) is 0 Å². The van der Waals surface area contributed by atoms with Gasteiger partial charge < -0.3 is 17.2 Å². The van der Waals surface area contributed by atoms with Gasteiger partial charge in [0.1, 0.15) is 0 Å². The number of nitrogens with zero attached hydrogens (tertiary/aromatic N) is 6. The maximum Gasteiger partial charge on any atom is 0.218 e. The predicted octanol–water partition coefficient (Wildman–Crippen LogP) is -2.95. The highest BCUT2D eigenvalue weighted by molar-refractivity contribution is 5.97. The molecule has 114 valence electrons. The van der Waals surface area contributed by atoms with E-state index in [4.69, 9.17) is 17.2 Å². The third kappa shape index (κ3) is 5.39. The van der Waals surface area contributed by atoms with Gasteiger partial charge in [0.2, 0.25) is 17.9 Å². The molecule has 8 N–H and O–H groups in total. The Kier molecular flexibility index (Phi) is 7.43. The fourth-order valence-electron chi connectivity index (χ4n) is 0.982. The van der Waals surface area contributed by atoms with Gasteiger partial charge in [0.05, 0.1) is 0 Å². The van der Waals surface area contributed by atoms with Gasteiger partial charge in [0, 0.05) is 35.2 Å². The number of hydrazine groups is 2. The molecular formula is C9H23N11. The van der Waals surface area contributed by atoms with E-state index in [1.54, 1.807) is 33.1 Å². The number of hydrogen-bond donors (Lipinski definition) is 5. The Morgan fingerprint density at radius 2 is 1.50 bits per heavy atom. The molecule has 0 saturated carbocycles. The van der Waals surface area contributed by atoms with Crippen LogP contribution in [-0.2, 0) is 0 Å². The van der Waals surface area contributed by atoms with Gasteiger partial charge in [0.25, 0.3) is 0 Å². The standard InChI is InChI=1S/C9H23N11/c1-13-6(10)16-8(12)20(5)18-17-9(15-3)19(4)7(11)14-2/h18H,1-5H3,(H2,11,14)(H,15,17)(H4,10,12,13,16). The minimum atomic E-state index is 0.0695. The lowest BCUT2D eigenvalue weighted by Crippen LogP contribution is -2.57. The van der Waals surface area contributed by atoms with Crippen molar-refractivity contribution in [3.63, 3.8) is 0 Å². The van der Waals surface area contributed by atoms with E-state index >= 15 is 0 Å². The second kappa shape index (κ2) is 8.53. The summed E-state index contributed by atoms with van der Waals surface area (Å²) in [4.78, 5) is 16.9. The summed E-state index contributed by atoms with van der Waals surface area (Å²) >= 11 is 0. The van der Waals surface area contributed by atoms with Crippen molar-refractivity contribution in [1.29, 1.82) is 0 Å². The monoisotopic (exact) mass is 285 g/mol. The SMILES string of the molecule is C/N=C(\NNN(C)/C(N)=N/C(N)=N/C)N(C)/C(N)=N/C. The first-order chi connectivity index (χ1) is 9.37. The lowest BCUT2D eigenvalue weighted by molar-refractivity contribution is 0.330. The molecule has 0 bridgehead atoms. The van der Waals surface area contributed by atoms with Crippen LogP contribution in [0.2, 0.25) is 0 Å². The Hall–Kier alpha value is -2.56. The van der Waals surface area contributed by atoms with E-state index in [0.29, 0.717) is 11.9 Å². The number of guanidine groups is 4. The Balaban J connectivity index is 4.64. The molecule has 0 aliphatic heterocycles. The molecule has 0 heterocycles. The predicted molar refractivity (Wildman–Crippen MR) is 81.9 cm³/mol. The summed E-state index contributed by atoms with van der Waals surface area (Å²) in [5, 5.41) is 1.40. The number of hydrogen-bond acceptors (Lipinski definition) is 4.